The van der Waals surface area contributed by atoms with E-state index in [9.17, 15) is 9.59 Å². The van der Waals surface area contributed by atoms with Crippen molar-refractivity contribution in [3.63, 3.8) is 0 Å². The van der Waals surface area contributed by atoms with Crippen LogP contribution < -0.4 is 4.74 Å². The molecule has 2 unspecified atom stereocenters. The molecule has 6 nitrogen and oxygen atoms in total. The number of esters is 1. The highest BCUT2D eigenvalue weighted by molar-refractivity contribution is 6.01. The topological polar surface area (TPSA) is 71.6 Å². The molecule has 3 heterocycles. The predicted molar refractivity (Wildman–Crippen MR) is 123 cm³/mol. The molecule has 6 heteroatoms. The Kier molecular flexibility index (Phi) is 5.10. The molecule has 0 radical (unpaired) electrons. The number of H-pyrrole nitrogens is 1. The fraction of sp³-hybridized carbons (Fsp3) is 0.308. The summed E-state index contributed by atoms with van der Waals surface area (Å²) in [5, 5.41) is 1.24. The second kappa shape index (κ2) is 7.95. The van der Waals surface area contributed by atoms with E-state index in [0.29, 0.717) is 24.3 Å². The zero-order chi connectivity index (χ0) is 22.3. The number of methoxy groups -OCH3 is 1. The Morgan fingerprint density at radius 2 is 2.12 bits per heavy atom. The molecule has 0 bridgehead atoms. The van der Waals surface area contributed by atoms with Crippen molar-refractivity contribution >= 4 is 28.7 Å². The lowest BCUT2D eigenvalue weighted by atomic mass is 9.88. The first-order valence-corrected chi connectivity index (χ1v) is 10.9. The summed E-state index contributed by atoms with van der Waals surface area (Å²) in [5.74, 6) is 0.277. The summed E-state index contributed by atoms with van der Waals surface area (Å²) in [4.78, 5) is 30.2. The molecule has 2 aliphatic heterocycles. The summed E-state index contributed by atoms with van der Waals surface area (Å²) < 4.78 is 11.1. The smallest absolute Gasteiger partial charge is 0.330 e. The van der Waals surface area contributed by atoms with Crippen LogP contribution in [0.15, 0.2) is 54.7 Å². The molecule has 0 aliphatic carbocycles. The van der Waals surface area contributed by atoms with Gasteiger partial charge in [-0.05, 0) is 42.3 Å². The number of para-hydroxylation sites is 1. The van der Waals surface area contributed by atoms with E-state index in [-0.39, 0.29) is 11.8 Å². The Balaban J connectivity index is 1.35. The van der Waals surface area contributed by atoms with Crippen molar-refractivity contribution in [2.45, 2.75) is 31.4 Å². The van der Waals surface area contributed by atoms with Gasteiger partial charge in [0, 0.05) is 48.7 Å². The van der Waals surface area contributed by atoms with Gasteiger partial charge in [-0.3, -0.25) is 9.69 Å². The number of likely N-dealkylation sites (tertiary alicyclic amines) is 1. The Labute approximate surface area is 186 Å². The van der Waals surface area contributed by atoms with Gasteiger partial charge in [0.2, 0.25) is 0 Å². The van der Waals surface area contributed by atoms with E-state index in [4.69, 9.17) is 4.74 Å². The normalized spacial score (nSPS) is 21.8. The average molecular weight is 431 g/mol. The van der Waals surface area contributed by atoms with Crippen LogP contribution in [0.4, 0.5) is 0 Å². The Morgan fingerprint density at radius 3 is 2.97 bits per heavy atom. The molecule has 1 fully saturated rings. The summed E-state index contributed by atoms with van der Waals surface area (Å²) in [6.45, 7) is 3.80. The number of nitrogens with zero attached hydrogens (tertiary/aromatic N) is 1. The second-order valence-corrected chi connectivity index (χ2v) is 8.68. The maximum atomic E-state index is 13.1. The monoisotopic (exact) mass is 430 g/mol. The number of aromatic nitrogens is 1. The maximum Gasteiger partial charge on any atom is 0.330 e. The van der Waals surface area contributed by atoms with Crippen LogP contribution in [-0.4, -0.2) is 47.4 Å². The summed E-state index contributed by atoms with van der Waals surface area (Å²) in [5.41, 5.74) is 3.25. The molecule has 1 spiro atoms. The van der Waals surface area contributed by atoms with E-state index in [2.05, 4.69) is 45.9 Å². The number of rotatable bonds is 4. The predicted octanol–water partition coefficient (Wildman–Crippen LogP) is 4.53. The highest BCUT2D eigenvalue weighted by Gasteiger charge is 2.47. The lowest BCUT2D eigenvalue weighted by molar-refractivity contribution is -0.134. The summed E-state index contributed by atoms with van der Waals surface area (Å²) in [6, 6.07) is 14.0. The first-order valence-electron chi connectivity index (χ1n) is 10.9. The molecule has 1 aromatic heterocycles. The molecule has 164 valence electrons. The van der Waals surface area contributed by atoms with Gasteiger partial charge in [-0.1, -0.05) is 24.3 Å². The number of benzene rings is 2. The number of carbonyl (C=O) groups excluding carboxylic acids is 2. The summed E-state index contributed by atoms with van der Waals surface area (Å²) in [7, 11) is 1.33. The van der Waals surface area contributed by atoms with Gasteiger partial charge in [0.15, 0.2) is 5.78 Å². The zero-order valence-corrected chi connectivity index (χ0v) is 18.3. The van der Waals surface area contributed by atoms with E-state index in [1.54, 1.807) is 12.1 Å². The minimum absolute atomic E-state index is 0.0844. The third-order valence-corrected chi connectivity index (χ3v) is 6.69. The van der Waals surface area contributed by atoms with E-state index in [1.165, 1.54) is 24.1 Å². The van der Waals surface area contributed by atoms with Crippen molar-refractivity contribution in [3.05, 3.63) is 71.4 Å². The second-order valence-electron chi connectivity index (χ2n) is 8.68. The molecule has 2 aliphatic rings. The largest absolute Gasteiger partial charge is 0.485 e. The number of hydrogen-bond acceptors (Lipinski definition) is 5. The van der Waals surface area contributed by atoms with E-state index >= 15 is 0 Å². The van der Waals surface area contributed by atoms with Crippen molar-refractivity contribution in [1.29, 1.82) is 0 Å². The molecular formula is C26H26N2O4. The van der Waals surface area contributed by atoms with Crippen molar-refractivity contribution in [2.75, 3.05) is 20.2 Å². The molecule has 1 N–H and O–H groups in total. The first-order chi connectivity index (χ1) is 15.5. The van der Waals surface area contributed by atoms with Crippen LogP contribution in [0.3, 0.4) is 0 Å². The number of aromatic amines is 1. The van der Waals surface area contributed by atoms with Gasteiger partial charge in [0.25, 0.3) is 0 Å². The van der Waals surface area contributed by atoms with Crippen molar-refractivity contribution in [3.8, 4) is 5.75 Å². The molecule has 0 saturated carbocycles. The SMILES string of the molecule is COC(=O)/C=C/c1ccc2c(c1)C(=O)CC1(CCN(C(C)c3c[nH]c4ccccc34)C1)O2. The quantitative estimate of drug-likeness (QED) is 0.487. The van der Waals surface area contributed by atoms with Gasteiger partial charge < -0.3 is 14.5 Å². The van der Waals surface area contributed by atoms with Crippen LogP contribution in [0, 0.1) is 0 Å². The van der Waals surface area contributed by atoms with Gasteiger partial charge in [-0.15, -0.1) is 0 Å². The molecule has 0 amide bonds. The average Bonchev–Trinajstić information content (AvgIpc) is 3.42. The Morgan fingerprint density at radius 1 is 1.28 bits per heavy atom. The molecular weight excluding hydrogens is 404 g/mol. The van der Waals surface area contributed by atoms with Crippen molar-refractivity contribution in [1.82, 2.24) is 9.88 Å². The number of ketones is 1. The van der Waals surface area contributed by atoms with E-state index in [0.717, 1.165) is 24.0 Å². The number of ether oxygens (including phenoxy) is 2. The lowest BCUT2D eigenvalue weighted by Crippen LogP contribution is -2.44. The zero-order valence-electron chi connectivity index (χ0n) is 18.3. The third kappa shape index (κ3) is 3.60. The Hall–Kier alpha value is -3.38. The standard InChI is InChI=1S/C26H26N2O4/c1-17(21-15-27-22-6-4-3-5-19(21)22)28-12-11-26(16-28)14-23(29)20-13-18(7-9-24(20)32-26)8-10-25(30)31-2/h3-10,13,15,17,27H,11-12,14,16H2,1-2H3/b10-8+. The molecule has 32 heavy (non-hydrogen) atoms. The fourth-order valence-electron chi connectivity index (χ4n) is 4.92. The number of nitrogens with one attached hydrogen (secondary N) is 1. The number of Topliss-reactive ketones (excluding diaryl/α,β-unsaturated/α-hetero) is 1. The highest BCUT2D eigenvalue weighted by atomic mass is 16.5. The van der Waals surface area contributed by atoms with Crippen LogP contribution in [0.5, 0.6) is 5.75 Å². The lowest BCUT2D eigenvalue weighted by Gasteiger charge is -2.35. The van der Waals surface area contributed by atoms with Gasteiger partial charge in [-0.2, -0.15) is 0 Å². The van der Waals surface area contributed by atoms with Gasteiger partial charge in [0.05, 0.1) is 19.1 Å². The first kappa shape index (κ1) is 20.5. The minimum atomic E-state index is -0.492. The van der Waals surface area contributed by atoms with Gasteiger partial charge in [0.1, 0.15) is 11.4 Å². The number of hydrogen-bond donors (Lipinski definition) is 1. The minimum Gasteiger partial charge on any atom is -0.485 e. The summed E-state index contributed by atoms with van der Waals surface area (Å²) in [6.07, 6.45) is 6.25. The molecule has 2 atom stereocenters. The Bertz CT molecular complexity index is 1230. The third-order valence-electron chi connectivity index (χ3n) is 6.69. The van der Waals surface area contributed by atoms with E-state index in [1.807, 2.05) is 18.2 Å². The van der Waals surface area contributed by atoms with Crippen LogP contribution in [-0.2, 0) is 9.53 Å². The van der Waals surface area contributed by atoms with Crippen molar-refractivity contribution < 1.29 is 19.1 Å². The van der Waals surface area contributed by atoms with E-state index < -0.39 is 11.6 Å². The van der Waals surface area contributed by atoms with Crippen LogP contribution in [0.25, 0.3) is 17.0 Å². The van der Waals surface area contributed by atoms with Crippen molar-refractivity contribution in [2.24, 2.45) is 0 Å². The number of fused-ring (bicyclic) bond motifs is 2. The maximum absolute atomic E-state index is 13.1. The van der Waals surface area contributed by atoms with Gasteiger partial charge in [-0.25, -0.2) is 4.79 Å². The van der Waals surface area contributed by atoms with Crippen LogP contribution >= 0.6 is 0 Å². The summed E-state index contributed by atoms with van der Waals surface area (Å²) >= 11 is 0. The molecule has 2 aromatic carbocycles. The highest BCUT2D eigenvalue weighted by Crippen LogP contribution is 2.42. The van der Waals surface area contributed by atoms with Crippen LogP contribution in [0.1, 0.15) is 47.3 Å². The molecule has 1 saturated heterocycles. The number of carbonyl (C=O) groups is 2. The fourth-order valence-corrected chi connectivity index (χ4v) is 4.92. The van der Waals surface area contributed by atoms with Crippen LogP contribution in [0.2, 0.25) is 0 Å². The van der Waals surface area contributed by atoms with Gasteiger partial charge >= 0.3 is 5.97 Å². The molecule has 5 rings (SSSR count). The molecule has 3 aromatic rings.